The highest BCUT2D eigenvalue weighted by Gasteiger charge is 2.51. The van der Waals surface area contributed by atoms with Crippen LogP contribution in [0.1, 0.15) is 47.0 Å². The molecule has 0 saturated carbocycles. The minimum Gasteiger partial charge on any atom is -0.369 e. The first kappa shape index (κ1) is 11.1. The lowest BCUT2D eigenvalue weighted by molar-refractivity contribution is -0.153. The van der Waals surface area contributed by atoms with Gasteiger partial charge >= 0.3 is 0 Å². The number of ketones is 1. The summed E-state index contributed by atoms with van der Waals surface area (Å²) in [5.74, 6) is 0.208. The minimum atomic E-state index is -0.317. The van der Waals surface area contributed by atoms with Gasteiger partial charge in [-0.25, -0.2) is 0 Å². The number of hydrogen-bond donors (Lipinski definition) is 0. The Morgan fingerprint density at radius 2 is 2.13 bits per heavy atom. The summed E-state index contributed by atoms with van der Waals surface area (Å²) < 4.78 is 11.7. The van der Waals surface area contributed by atoms with Crippen molar-refractivity contribution in [2.45, 2.75) is 70.4 Å². The molecule has 0 aromatic rings. The Balaban J connectivity index is 2.11. The summed E-state index contributed by atoms with van der Waals surface area (Å²) >= 11 is 0. The van der Waals surface area contributed by atoms with Crippen molar-refractivity contribution in [1.29, 1.82) is 0 Å². The van der Waals surface area contributed by atoms with E-state index in [2.05, 4.69) is 6.92 Å². The predicted octanol–water partition coefficient (Wildman–Crippen LogP) is 2.08. The largest absolute Gasteiger partial charge is 0.369 e. The maximum atomic E-state index is 11.7. The molecule has 2 aliphatic heterocycles. The van der Waals surface area contributed by atoms with Gasteiger partial charge in [0.25, 0.3) is 0 Å². The van der Waals surface area contributed by atoms with Crippen molar-refractivity contribution < 1.29 is 14.3 Å². The molecule has 0 aromatic heterocycles. The third-order valence-electron chi connectivity index (χ3n) is 3.10. The van der Waals surface area contributed by atoms with Gasteiger partial charge in [0, 0.05) is 12.8 Å². The molecule has 3 atom stereocenters. The highest BCUT2D eigenvalue weighted by Crippen LogP contribution is 2.41. The Morgan fingerprint density at radius 3 is 2.73 bits per heavy atom. The Morgan fingerprint density at radius 1 is 1.47 bits per heavy atom. The van der Waals surface area contributed by atoms with Gasteiger partial charge in [0.2, 0.25) is 0 Å². The van der Waals surface area contributed by atoms with E-state index in [9.17, 15) is 4.79 Å². The van der Waals surface area contributed by atoms with Crippen LogP contribution in [0.5, 0.6) is 0 Å². The number of carbonyl (C=O) groups is 1. The van der Waals surface area contributed by atoms with Crippen LogP contribution in [0.3, 0.4) is 0 Å². The van der Waals surface area contributed by atoms with E-state index in [0.29, 0.717) is 6.42 Å². The smallest absolute Gasteiger partial charge is 0.164 e. The van der Waals surface area contributed by atoms with E-state index in [4.69, 9.17) is 9.47 Å². The Hall–Kier alpha value is -0.410. The second-order valence-electron chi connectivity index (χ2n) is 5.93. The number of hydrogen-bond acceptors (Lipinski definition) is 3. The van der Waals surface area contributed by atoms with Crippen LogP contribution in [-0.2, 0) is 14.3 Å². The second kappa shape index (κ2) is 3.29. The SMILES string of the molecule is CC(C)(C)OC1CC2(C)CCC(=O)C1O2. The maximum absolute atomic E-state index is 11.7. The zero-order chi connectivity index (χ0) is 11.3. The van der Waals surface area contributed by atoms with E-state index < -0.39 is 0 Å². The summed E-state index contributed by atoms with van der Waals surface area (Å²) in [5.41, 5.74) is -0.337. The molecule has 0 aliphatic carbocycles. The number of ether oxygens (including phenoxy) is 2. The molecule has 0 spiro atoms. The number of Topliss-reactive ketones (excluding diaryl/α,β-unsaturated/α-hetero) is 1. The van der Waals surface area contributed by atoms with Crippen molar-refractivity contribution in [3.63, 3.8) is 0 Å². The maximum Gasteiger partial charge on any atom is 0.164 e. The number of rotatable bonds is 1. The molecular weight excluding hydrogens is 192 g/mol. The van der Waals surface area contributed by atoms with E-state index >= 15 is 0 Å². The minimum absolute atomic E-state index is 0.0509. The summed E-state index contributed by atoms with van der Waals surface area (Å²) in [7, 11) is 0. The van der Waals surface area contributed by atoms with Crippen molar-refractivity contribution in [1.82, 2.24) is 0 Å². The fraction of sp³-hybridized carbons (Fsp3) is 0.917. The molecule has 2 bridgehead atoms. The van der Waals surface area contributed by atoms with Crippen LogP contribution in [0.15, 0.2) is 0 Å². The molecule has 3 heteroatoms. The van der Waals surface area contributed by atoms with Gasteiger partial charge in [-0.2, -0.15) is 0 Å². The molecule has 0 amide bonds. The van der Waals surface area contributed by atoms with Crippen LogP contribution in [0.25, 0.3) is 0 Å². The molecule has 2 saturated heterocycles. The van der Waals surface area contributed by atoms with E-state index in [-0.39, 0.29) is 29.2 Å². The van der Waals surface area contributed by atoms with Crippen molar-refractivity contribution in [3.8, 4) is 0 Å². The van der Waals surface area contributed by atoms with Gasteiger partial charge in [-0.1, -0.05) is 0 Å². The van der Waals surface area contributed by atoms with Gasteiger partial charge < -0.3 is 9.47 Å². The van der Waals surface area contributed by atoms with Crippen LogP contribution < -0.4 is 0 Å². The van der Waals surface area contributed by atoms with Gasteiger partial charge in [0.1, 0.15) is 6.10 Å². The fourth-order valence-corrected chi connectivity index (χ4v) is 2.48. The Labute approximate surface area is 91.1 Å². The molecule has 3 unspecified atom stereocenters. The molecule has 0 aromatic carbocycles. The number of fused-ring (bicyclic) bond motifs is 2. The molecule has 2 fully saturated rings. The molecule has 0 N–H and O–H groups in total. The molecule has 2 rings (SSSR count). The van der Waals surface area contributed by atoms with Crippen molar-refractivity contribution >= 4 is 5.78 Å². The normalized spacial score (nSPS) is 40.9. The van der Waals surface area contributed by atoms with Crippen LogP contribution in [0.4, 0.5) is 0 Å². The van der Waals surface area contributed by atoms with Crippen LogP contribution in [0, 0.1) is 0 Å². The number of carbonyl (C=O) groups excluding carboxylic acids is 1. The first-order chi connectivity index (χ1) is 6.79. The van der Waals surface area contributed by atoms with Gasteiger partial charge in [0.15, 0.2) is 5.78 Å². The van der Waals surface area contributed by atoms with E-state index in [1.54, 1.807) is 0 Å². The average Bonchev–Trinajstić information content (AvgIpc) is 2.31. The van der Waals surface area contributed by atoms with Crippen LogP contribution >= 0.6 is 0 Å². The molecular formula is C12H20O3. The highest BCUT2D eigenvalue weighted by molar-refractivity contribution is 5.85. The molecule has 3 nitrogen and oxygen atoms in total. The third-order valence-corrected chi connectivity index (χ3v) is 3.10. The third kappa shape index (κ3) is 2.23. The topological polar surface area (TPSA) is 35.5 Å². The second-order valence-corrected chi connectivity index (χ2v) is 5.93. The predicted molar refractivity (Wildman–Crippen MR) is 56.8 cm³/mol. The van der Waals surface area contributed by atoms with E-state index in [1.807, 2.05) is 20.8 Å². The lowest BCUT2D eigenvalue weighted by atomic mass is 9.97. The Bertz CT molecular complexity index is 277. The molecule has 2 heterocycles. The average molecular weight is 212 g/mol. The zero-order valence-corrected chi connectivity index (χ0v) is 10.0. The molecule has 2 aliphatic rings. The van der Waals surface area contributed by atoms with Gasteiger partial charge in [-0.15, -0.1) is 0 Å². The van der Waals surface area contributed by atoms with Crippen LogP contribution in [0.2, 0.25) is 0 Å². The molecule has 86 valence electrons. The first-order valence-corrected chi connectivity index (χ1v) is 5.67. The van der Waals surface area contributed by atoms with Crippen molar-refractivity contribution in [3.05, 3.63) is 0 Å². The van der Waals surface area contributed by atoms with Crippen LogP contribution in [-0.4, -0.2) is 29.2 Å². The fourth-order valence-electron chi connectivity index (χ4n) is 2.48. The van der Waals surface area contributed by atoms with Crippen molar-refractivity contribution in [2.75, 3.05) is 0 Å². The lowest BCUT2D eigenvalue weighted by Crippen LogP contribution is -2.39. The quantitative estimate of drug-likeness (QED) is 0.667. The summed E-state index contributed by atoms with van der Waals surface area (Å²) in [6.45, 7) is 8.13. The molecule has 0 radical (unpaired) electrons. The zero-order valence-electron chi connectivity index (χ0n) is 10.0. The molecule has 15 heavy (non-hydrogen) atoms. The van der Waals surface area contributed by atoms with E-state index in [0.717, 1.165) is 12.8 Å². The van der Waals surface area contributed by atoms with Gasteiger partial charge in [-0.05, 0) is 34.1 Å². The summed E-state index contributed by atoms with van der Waals surface area (Å²) in [5, 5.41) is 0. The summed E-state index contributed by atoms with van der Waals surface area (Å²) in [4.78, 5) is 11.7. The Kier molecular flexibility index (Phi) is 2.43. The van der Waals surface area contributed by atoms with Crippen molar-refractivity contribution in [2.24, 2.45) is 0 Å². The van der Waals surface area contributed by atoms with Gasteiger partial charge in [0.05, 0.1) is 17.3 Å². The van der Waals surface area contributed by atoms with Gasteiger partial charge in [-0.3, -0.25) is 4.79 Å². The van der Waals surface area contributed by atoms with E-state index in [1.165, 1.54) is 0 Å². The monoisotopic (exact) mass is 212 g/mol. The summed E-state index contributed by atoms with van der Waals surface area (Å²) in [6.07, 6.45) is 1.96. The first-order valence-electron chi connectivity index (χ1n) is 5.67. The standard InChI is InChI=1S/C12H20O3/c1-11(2,3)14-9-7-12(4)6-5-8(13)10(9)15-12/h9-10H,5-7H2,1-4H3. The lowest BCUT2D eigenvalue weighted by Gasteiger charge is -2.29. The summed E-state index contributed by atoms with van der Waals surface area (Å²) in [6, 6.07) is 0. The highest BCUT2D eigenvalue weighted by atomic mass is 16.6.